The molecule has 0 aliphatic carbocycles. The molecule has 1 unspecified atom stereocenters. The van der Waals surface area contributed by atoms with E-state index in [9.17, 15) is 13.2 Å². The van der Waals surface area contributed by atoms with Crippen molar-refractivity contribution < 1.29 is 17.9 Å². The number of piperazine rings is 1. The first-order valence-corrected chi connectivity index (χ1v) is 12.2. The minimum absolute atomic E-state index is 0.0952. The van der Waals surface area contributed by atoms with Crippen molar-refractivity contribution >= 4 is 21.6 Å². The van der Waals surface area contributed by atoms with E-state index in [1.807, 2.05) is 4.72 Å². The second kappa shape index (κ2) is 9.38. The van der Waals surface area contributed by atoms with E-state index in [0.29, 0.717) is 0 Å². The molecule has 0 bridgehead atoms. The molecule has 0 aromatic heterocycles. The van der Waals surface area contributed by atoms with Crippen LogP contribution in [0.25, 0.3) is 0 Å². The highest BCUT2D eigenvalue weighted by molar-refractivity contribution is 7.90. The fraction of sp³-hybridized carbons (Fsp3) is 0.435. The monoisotopic (exact) mass is 443 g/mol. The number of hydrogen-bond donors (Lipinski definition) is 1. The second-order valence-corrected chi connectivity index (χ2v) is 9.76. The normalized spacial score (nSPS) is 19.6. The highest BCUT2D eigenvalue weighted by atomic mass is 32.2. The lowest BCUT2D eigenvalue weighted by molar-refractivity contribution is -0.117. The van der Waals surface area contributed by atoms with Crippen LogP contribution >= 0.6 is 0 Å². The highest BCUT2D eigenvalue weighted by Crippen LogP contribution is 2.30. The summed E-state index contributed by atoms with van der Waals surface area (Å²) in [5, 5.41) is 0. The van der Waals surface area contributed by atoms with E-state index in [4.69, 9.17) is 4.74 Å². The summed E-state index contributed by atoms with van der Waals surface area (Å²) in [4.78, 5) is 15.9. The van der Waals surface area contributed by atoms with Crippen molar-refractivity contribution in [3.05, 3.63) is 59.7 Å². The molecule has 1 fully saturated rings. The summed E-state index contributed by atoms with van der Waals surface area (Å²) in [6.07, 6.45) is 2.17. The molecule has 1 N–H and O–H groups in total. The number of benzene rings is 2. The zero-order valence-corrected chi connectivity index (χ0v) is 18.6. The minimum Gasteiger partial charge on any atom is -0.373 e. The van der Waals surface area contributed by atoms with Gasteiger partial charge in [0.1, 0.15) is 0 Å². The van der Waals surface area contributed by atoms with Crippen molar-refractivity contribution in [1.82, 2.24) is 9.62 Å². The molecular weight excluding hydrogens is 414 g/mol. The van der Waals surface area contributed by atoms with Crippen molar-refractivity contribution in [3.63, 3.8) is 0 Å². The number of rotatable bonds is 6. The van der Waals surface area contributed by atoms with Crippen LogP contribution in [0, 0.1) is 0 Å². The molecule has 8 heteroatoms. The molecular formula is C23H29N3O4S. The summed E-state index contributed by atoms with van der Waals surface area (Å²) in [6.45, 7) is 6.68. The molecule has 4 rings (SSSR count). The van der Waals surface area contributed by atoms with Gasteiger partial charge in [0.05, 0.1) is 17.6 Å². The maximum Gasteiger partial charge on any atom is 0.264 e. The van der Waals surface area contributed by atoms with Gasteiger partial charge in [-0.25, -0.2) is 13.1 Å². The summed E-state index contributed by atoms with van der Waals surface area (Å²) in [5.41, 5.74) is 3.74. The molecule has 0 radical (unpaired) electrons. The minimum atomic E-state index is -3.79. The largest absolute Gasteiger partial charge is 0.373 e. The molecule has 1 atom stereocenters. The van der Waals surface area contributed by atoms with Crippen LogP contribution < -0.4 is 9.62 Å². The van der Waals surface area contributed by atoms with Gasteiger partial charge in [-0.05, 0) is 48.2 Å². The molecule has 0 spiro atoms. The molecule has 7 nitrogen and oxygen atoms in total. The van der Waals surface area contributed by atoms with Gasteiger partial charge in [0.15, 0.2) is 0 Å². The average molecular weight is 444 g/mol. The second-order valence-electron chi connectivity index (χ2n) is 8.08. The van der Waals surface area contributed by atoms with Crippen molar-refractivity contribution in [1.29, 1.82) is 0 Å². The van der Waals surface area contributed by atoms with E-state index < -0.39 is 15.9 Å². The van der Waals surface area contributed by atoms with Gasteiger partial charge in [0.25, 0.3) is 10.0 Å². The zero-order chi connectivity index (χ0) is 21.8. The molecule has 1 saturated heterocycles. The van der Waals surface area contributed by atoms with Crippen LogP contribution in [0.5, 0.6) is 0 Å². The van der Waals surface area contributed by atoms with Gasteiger partial charge in [-0.1, -0.05) is 24.3 Å². The van der Waals surface area contributed by atoms with Gasteiger partial charge >= 0.3 is 0 Å². The van der Waals surface area contributed by atoms with E-state index in [1.165, 1.54) is 18.1 Å². The lowest BCUT2D eigenvalue weighted by Crippen LogP contribution is -2.47. The first-order chi connectivity index (χ1) is 14.9. The van der Waals surface area contributed by atoms with Gasteiger partial charge in [0, 0.05) is 45.3 Å². The Hall–Kier alpha value is -2.42. The summed E-state index contributed by atoms with van der Waals surface area (Å²) in [5.74, 6) is -0.595. The van der Waals surface area contributed by atoms with Crippen LogP contribution in [0.4, 0.5) is 5.69 Å². The molecule has 2 aromatic carbocycles. The molecule has 2 aliphatic heterocycles. The average Bonchev–Trinajstić information content (AvgIpc) is 2.77. The van der Waals surface area contributed by atoms with Crippen LogP contribution in [0.1, 0.15) is 30.6 Å². The van der Waals surface area contributed by atoms with Gasteiger partial charge < -0.3 is 9.64 Å². The van der Waals surface area contributed by atoms with Crippen molar-refractivity contribution in [2.75, 3.05) is 44.2 Å². The molecule has 31 heavy (non-hydrogen) atoms. The maximum atomic E-state index is 12.1. The molecule has 1 amide bonds. The summed E-state index contributed by atoms with van der Waals surface area (Å²) >= 11 is 0. The Bertz CT molecular complexity index is 1020. The number of hydrogen-bond acceptors (Lipinski definition) is 6. The predicted octanol–water partition coefficient (Wildman–Crippen LogP) is 2.34. The van der Waals surface area contributed by atoms with Gasteiger partial charge in [0.2, 0.25) is 5.91 Å². The first-order valence-electron chi connectivity index (χ1n) is 10.7. The third kappa shape index (κ3) is 5.26. The number of sulfonamides is 1. The Morgan fingerprint density at radius 2 is 1.77 bits per heavy atom. The zero-order valence-electron chi connectivity index (χ0n) is 17.8. The molecule has 2 heterocycles. The van der Waals surface area contributed by atoms with Gasteiger partial charge in [-0.2, -0.15) is 0 Å². The SMILES string of the molecule is CC(=O)NS(=O)(=O)c1ccc(N2CCN(CCC3OCCc4ccccc43)CC2)cc1. The Balaban J connectivity index is 1.29. The number of fused-ring (bicyclic) bond motifs is 1. The number of amides is 1. The summed E-state index contributed by atoms with van der Waals surface area (Å²) < 4.78 is 32.2. The first kappa shape index (κ1) is 21.8. The quantitative estimate of drug-likeness (QED) is 0.738. The van der Waals surface area contributed by atoms with E-state index in [1.54, 1.807) is 24.3 Å². The van der Waals surface area contributed by atoms with Crippen molar-refractivity contribution in [3.8, 4) is 0 Å². The molecule has 166 valence electrons. The van der Waals surface area contributed by atoms with E-state index in [0.717, 1.165) is 57.9 Å². The Morgan fingerprint density at radius 1 is 1.06 bits per heavy atom. The number of anilines is 1. The lowest BCUT2D eigenvalue weighted by atomic mass is 9.95. The Kier molecular flexibility index (Phi) is 6.60. The fourth-order valence-electron chi connectivity index (χ4n) is 4.33. The number of nitrogens with one attached hydrogen (secondary N) is 1. The highest BCUT2D eigenvalue weighted by Gasteiger charge is 2.23. The van der Waals surface area contributed by atoms with Crippen LogP contribution in [0.15, 0.2) is 53.4 Å². The third-order valence-electron chi connectivity index (χ3n) is 5.96. The smallest absolute Gasteiger partial charge is 0.264 e. The summed E-state index contributed by atoms with van der Waals surface area (Å²) in [7, 11) is -3.79. The van der Waals surface area contributed by atoms with Gasteiger partial charge in [-0.15, -0.1) is 0 Å². The summed E-state index contributed by atoms with van der Waals surface area (Å²) in [6, 6.07) is 15.3. The van der Waals surface area contributed by atoms with Crippen molar-refractivity contribution in [2.45, 2.75) is 30.8 Å². The van der Waals surface area contributed by atoms with Crippen LogP contribution in [0.3, 0.4) is 0 Å². The Morgan fingerprint density at radius 3 is 2.48 bits per heavy atom. The van der Waals surface area contributed by atoms with Gasteiger partial charge in [-0.3, -0.25) is 9.69 Å². The number of carbonyl (C=O) groups is 1. The third-order valence-corrected chi connectivity index (χ3v) is 7.41. The van der Waals surface area contributed by atoms with Crippen LogP contribution in [0.2, 0.25) is 0 Å². The predicted molar refractivity (Wildman–Crippen MR) is 120 cm³/mol. The fourth-order valence-corrected chi connectivity index (χ4v) is 5.32. The van der Waals surface area contributed by atoms with E-state index >= 15 is 0 Å². The molecule has 0 saturated carbocycles. The standard InChI is InChI=1S/C23H29N3O4S/c1-18(27)24-31(28,29)21-8-6-20(7-9-21)26-15-13-25(14-16-26)12-10-23-22-5-3-2-4-19(22)11-17-30-23/h2-9,23H,10-17H2,1H3,(H,24,27). The topological polar surface area (TPSA) is 79.0 Å². The van der Waals surface area contributed by atoms with Crippen LogP contribution in [-0.4, -0.2) is 58.6 Å². The number of nitrogens with zero attached hydrogens (tertiary/aromatic N) is 2. The number of ether oxygens (including phenoxy) is 1. The number of carbonyl (C=O) groups excluding carboxylic acids is 1. The van der Waals surface area contributed by atoms with Crippen molar-refractivity contribution in [2.24, 2.45) is 0 Å². The maximum absolute atomic E-state index is 12.1. The lowest BCUT2D eigenvalue weighted by Gasteiger charge is -2.37. The molecule has 2 aliphatic rings. The molecule has 2 aromatic rings. The van der Waals surface area contributed by atoms with Crippen LogP contribution in [-0.2, 0) is 26.0 Å². The van der Waals surface area contributed by atoms with E-state index in [-0.39, 0.29) is 11.0 Å². The Labute approximate surface area is 184 Å². The van der Waals surface area contributed by atoms with E-state index in [2.05, 4.69) is 34.1 Å².